The molecule has 7 heteroatoms. The summed E-state index contributed by atoms with van der Waals surface area (Å²) in [5.74, 6) is -0.446. The standard InChI is InChI=1S/C19H24N4O3/c1-4-13-23-17(24)12-11-16(21-23)18(25)20-15-9-7-14(8-10-15)19(26)22(5-2)6-3/h7-12H,4-6,13H2,1-3H3,(H,20,25). The number of anilines is 1. The molecule has 2 aromatic rings. The molecule has 0 saturated carbocycles. The maximum Gasteiger partial charge on any atom is 0.276 e. The van der Waals surface area contributed by atoms with Gasteiger partial charge < -0.3 is 10.2 Å². The summed E-state index contributed by atoms with van der Waals surface area (Å²) in [6, 6.07) is 9.46. The van der Waals surface area contributed by atoms with Gasteiger partial charge in [0.2, 0.25) is 0 Å². The molecule has 138 valence electrons. The number of benzene rings is 1. The van der Waals surface area contributed by atoms with E-state index in [0.717, 1.165) is 6.42 Å². The average molecular weight is 356 g/mol. The number of amides is 2. The first-order valence-electron chi connectivity index (χ1n) is 8.79. The van der Waals surface area contributed by atoms with Crippen molar-refractivity contribution in [3.63, 3.8) is 0 Å². The van der Waals surface area contributed by atoms with Crippen molar-refractivity contribution in [3.05, 3.63) is 58.0 Å². The summed E-state index contributed by atoms with van der Waals surface area (Å²) >= 11 is 0. The monoisotopic (exact) mass is 356 g/mol. The number of nitrogens with zero attached hydrogens (tertiary/aromatic N) is 3. The Morgan fingerprint density at radius 2 is 1.69 bits per heavy atom. The first-order valence-corrected chi connectivity index (χ1v) is 8.79. The fourth-order valence-electron chi connectivity index (χ4n) is 2.53. The lowest BCUT2D eigenvalue weighted by atomic mass is 10.1. The molecule has 0 radical (unpaired) electrons. The zero-order valence-corrected chi connectivity index (χ0v) is 15.4. The third kappa shape index (κ3) is 4.56. The molecule has 0 aliphatic carbocycles. The molecule has 0 fully saturated rings. The Bertz CT molecular complexity index is 823. The minimum atomic E-state index is -0.405. The molecule has 0 unspecified atom stereocenters. The van der Waals surface area contributed by atoms with Gasteiger partial charge in [-0.25, -0.2) is 4.68 Å². The third-order valence-electron chi connectivity index (χ3n) is 3.98. The Morgan fingerprint density at radius 3 is 2.27 bits per heavy atom. The van der Waals surface area contributed by atoms with Crippen molar-refractivity contribution < 1.29 is 9.59 Å². The maximum atomic E-state index is 12.3. The summed E-state index contributed by atoms with van der Waals surface area (Å²) in [5, 5.41) is 6.81. The van der Waals surface area contributed by atoms with E-state index in [4.69, 9.17) is 0 Å². The Morgan fingerprint density at radius 1 is 1.04 bits per heavy atom. The summed E-state index contributed by atoms with van der Waals surface area (Å²) in [4.78, 5) is 38.0. The highest BCUT2D eigenvalue weighted by Crippen LogP contribution is 2.12. The molecule has 26 heavy (non-hydrogen) atoms. The first-order chi connectivity index (χ1) is 12.5. The second kappa shape index (κ2) is 8.94. The maximum absolute atomic E-state index is 12.3. The van der Waals surface area contributed by atoms with Crippen LogP contribution in [-0.4, -0.2) is 39.6 Å². The Labute approximate surface area is 152 Å². The fourth-order valence-corrected chi connectivity index (χ4v) is 2.53. The quantitative estimate of drug-likeness (QED) is 0.825. The van der Waals surface area contributed by atoms with Crippen LogP contribution in [0.4, 0.5) is 5.69 Å². The Kier molecular flexibility index (Phi) is 6.66. The van der Waals surface area contributed by atoms with Gasteiger partial charge in [-0.3, -0.25) is 14.4 Å². The lowest BCUT2D eigenvalue weighted by Crippen LogP contribution is -2.30. The number of hydrogen-bond acceptors (Lipinski definition) is 4. The van der Waals surface area contributed by atoms with E-state index in [0.29, 0.717) is 30.9 Å². The highest BCUT2D eigenvalue weighted by Gasteiger charge is 2.13. The topological polar surface area (TPSA) is 84.3 Å². The van der Waals surface area contributed by atoms with Crippen LogP contribution in [0, 0.1) is 0 Å². The van der Waals surface area contributed by atoms with Gasteiger partial charge in [0.25, 0.3) is 17.4 Å². The Hall–Kier alpha value is -2.96. The summed E-state index contributed by atoms with van der Waals surface area (Å²) in [6.45, 7) is 7.55. The summed E-state index contributed by atoms with van der Waals surface area (Å²) in [6.07, 6.45) is 0.750. The highest BCUT2D eigenvalue weighted by molar-refractivity contribution is 6.03. The summed E-state index contributed by atoms with van der Waals surface area (Å²) in [5.41, 5.74) is 1.06. The van der Waals surface area contributed by atoms with Crippen LogP contribution < -0.4 is 10.9 Å². The smallest absolute Gasteiger partial charge is 0.276 e. The second-order valence-corrected chi connectivity index (χ2v) is 5.79. The number of nitrogens with one attached hydrogen (secondary N) is 1. The van der Waals surface area contributed by atoms with Crippen molar-refractivity contribution in [2.75, 3.05) is 18.4 Å². The van der Waals surface area contributed by atoms with Crippen molar-refractivity contribution in [1.29, 1.82) is 0 Å². The fraction of sp³-hybridized carbons (Fsp3) is 0.368. The molecule has 2 amide bonds. The molecule has 1 aromatic carbocycles. The molecule has 0 bridgehead atoms. The van der Waals surface area contributed by atoms with Crippen LogP contribution in [0.5, 0.6) is 0 Å². The average Bonchev–Trinajstić information content (AvgIpc) is 2.65. The van der Waals surface area contributed by atoms with Crippen LogP contribution in [0.3, 0.4) is 0 Å². The number of aryl methyl sites for hydroxylation is 1. The van der Waals surface area contributed by atoms with E-state index in [1.807, 2.05) is 20.8 Å². The van der Waals surface area contributed by atoms with Gasteiger partial charge in [0, 0.05) is 37.0 Å². The van der Waals surface area contributed by atoms with Gasteiger partial charge >= 0.3 is 0 Å². The summed E-state index contributed by atoms with van der Waals surface area (Å²) in [7, 11) is 0. The molecular weight excluding hydrogens is 332 g/mol. The van der Waals surface area contributed by atoms with Crippen LogP contribution in [-0.2, 0) is 6.54 Å². The number of carbonyl (C=O) groups is 2. The number of rotatable bonds is 7. The minimum Gasteiger partial charge on any atom is -0.339 e. The molecule has 0 saturated heterocycles. The molecule has 1 aromatic heterocycles. The van der Waals surface area contributed by atoms with E-state index in [1.54, 1.807) is 29.2 Å². The third-order valence-corrected chi connectivity index (χ3v) is 3.98. The lowest BCUT2D eigenvalue weighted by Gasteiger charge is -2.18. The van der Waals surface area contributed by atoms with Crippen LogP contribution in [0.2, 0.25) is 0 Å². The highest BCUT2D eigenvalue weighted by atomic mass is 16.2. The molecule has 7 nitrogen and oxygen atoms in total. The van der Waals surface area contributed by atoms with Gasteiger partial charge in [-0.05, 0) is 50.6 Å². The van der Waals surface area contributed by atoms with Gasteiger partial charge in [-0.2, -0.15) is 5.10 Å². The second-order valence-electron chi connectivity index (χ2n) is 5.79. The number of aromatic nitrogens is 2. The Balaban J connectivity index is 2.11. The van der Waals surface area contributed by atoms with E-state index in [2.05, 4.69) is 10.4 Å². The molecule has 0 aliphatic heterocycles. The predicted octanol–water partition coefficient (Wildman–Crippen LogP) is 2.39. The molecular formula is C19H24N4O3. The van der Waals surface area contributed by atoms with E-state index >= 15 is 0 Å². The summed E-state index contributed by atoms with van der Waals surface area (Å²) < 4.78 is 1.28. The van der Waals surface area contributed by atoms with Crippen molar-refractivity contribution in [1.82, 2.24) is 14.7 Å². The largest absolute Gasteiger partial charge is 0.339 e. The van der Waals surface area contributed by atoms with Gasteiger partial charge in [0.1, 0.15) is 5.69 Å². The van der Waals surface area contributed by atoms with E-state index < -0.39 is 5.91 Å². The molecule has 0 aliphatic rings. The van der Waals surface area contributed by atoms with Gasteiger partial charge in [0.15, 0.2) is 0 Å². The molecule has 0 atom stereocenters. The molecule has 0 spiro atoms. The predicted molar refractivity (Wildman–Crippen MR) is 100 cm³/mol. The number of carbonyl (C=O) groups excluding carboxylic acids is 2. The van der Waals surface area contributed by atoms with Crippen molar-refractivity contribution in [2.45, 2.75) is 33.7 Å². The zero-order valence-electron chi connectivity index (χ0n) is 15.4. The molecule has 1 N–H and O–H groups in total. The van der Waals surface area contributed by atoms with Crippen LogP contribution in [0.25, 0.3) is 0 Å². The first kappa shape index (κ1) is 19.4. The SMILES string of the molecule is CCCn1nc(C(=O)Nc2ccc(C(=O)N(CC)CC)cc2)ccc1=O. The van der Waals surface area contributed by atoms with Gasteiger partial charge in [0.05, 0.1) is 0 Å². The van der Waals surface area contributed by atoms with Crippen LogP contribution in [0.1, 0.15) is 48.0 Å². The normalized spacial score (nSPS) is 10.4. The van der Waals surface area contributed by atoms with E-state index in [1.165, 1.54) is 16.8 Å². The van der Waals surface area contributed by atoms with Crippen molar-refractivity contribution in [2.24, 2.45) is 0 Å². The van der Waals surface area contributed by atoms with Gasteiger partial charge in [-0.15, -0.1) is 0 Å². The lowest BCUT2D eigenvalue weighted by molar-refractivity contribution is 0.0773. The van der Waals surface area contributed by atoms with E-state index in [9.17, 15) is 14.4 Å². The number of hydrogen-bond donors (Lipinski definition) is 1. The zero-order chi connectivity index (χ0) is 19.1. The van der Waals surface area contributed by atoms with Crippen molar-refractivity contribution in [3.8, 4) is 0 Å². The van der Waals surface area contributed by atoms with Gasteiger partial charge in [-0.1, -0.05) is 6.92 Å². The minimum absolute atomic E-state index is 0.0406. The molecule has 1 heterocycles. The van der Waals surface area contributed by atoms with E-state index in [-0.39, 0.29) is 17.2 Å². The van der Waals surface area contributed by atoms with Crippen molar-refractivity contribution >= 4 is 17.5 Å². The van der Waals surface area contributed by atoms with Crippen LogP contribution >= 0.6 is 0 Å². The molecule has 2 rings (SSSR count). The van der Waals surface area contributed by atoms with Crippen LogP contribution in [0.15, 0.2) is 41.2 Å².